The number of imidazole rings is 1. The van der Waals surface area contributed by atoms with Gasteiger partial charge in [0.2, 0.25) is 0 Å². The quantitative estimate of drug-likeness (QED) is 0.259. The summed E-state index contributed by atoms with van der Waals surface area (Å²) < 4.78 is 2.02. The highest BCUT2D eigenvalue weighted by Gasteiger charge is 2.23. The molecular weight excluding hydrogens is 392 g/mol. The van der Waals surface area contributed by atoms with Crippen molar-refractivity contribution < 1.29 is 4.79 Å². The molecule has 160 valence electrons. The smallest absolute Gasteiger partial charge is 0.269 e. The van der Waals surface area contributed by atoms with Gasteiger partial charge in [0.15, 0.2) is 0 Å². The molecule has 4 heterocycles. The molecule has 1 aliphatic carbocycles. The number of nitrogens with zero attached hydrogens (tertiary/aromatic N) is 4. The van der Waals surface area contributed by atoms with Crippen LogP contribution in [0.15, 0.2) is 48.7 Å². The van der Waals surface area contributed by atoms with Crippen LogP contribution in [0.1, 0.15) is 41.3 Å². The lowest BCUT2D eigenvalue weighted by atomic mass is 10.2. The van der Waals surface area contributed by atoms with Gasteiger partial charge < -0.3 is 25.8 Å². The standard InChI is InChI=1S/C22H26N8O/c23-19(22(31)27-8-17-7-15-5-6-25-20(15)9-26-17)13-30(24)12-18-11-29-10-16(14-1-2-14)3-4-21(29)28-18/h3-4,7,9-11,13-14,25H,1-2,5-6,8,12,23-24H2,(H,27,31)/b19-13-. The Morgan fingerprint density at radius 3 is 3.03 bits per heavy atom. The zero-order valence-corrected chi connectivity index (χ0v) is 17.2. The van der Waals surface area contributed by atoms with E-state index in [0.717, 1.165) is 35.7 Å². The number of pyridine rings is 2. The van der Waals surface area contributed by atoms with Crippen molar-refractivity contribution in [2.75, 3.05) is 11.9 Å². The zero-order valence-electron chi connectivity index (χ0n) is 17.2. The topological polar surface area (TPSA) is 127 Å². The maximum atomic E-state index is 12.3. The molecule has 2 aliphatic rings. The fourth-order valence-electron chi connectivity index (χ4n) is 3.88. The number of rotatable bonds is 7. The summed E-state index contributed by atoms with van der Waals surface area (Å²) in [6, 6.07) is 6.17. The summed E-state index contributed by atoms with van der Waals surface area (Å²) in [4.78, 5) is 21.3. The molecule has 31 heavy (non-hydrogen) atoms. The van der Waals surface area contributed by atoms with E-state index in [9.17, 15) is 4.79 Å². The minimum Gasteiger partial charge on any atom is -0.393 e. The van der Waals surface area contributed by atoms with Gasteiger partial charge >= 0.3 is 0 Å². The molecule has 0 spiro atoms. The van der Waals surface area contributed by atoms with Crippen LogP contribution in [0, 0.1) is 0 Å². The van der Waals surface area contributed by atoms with Gasteiger partial charge in [-0.05, 0) is 48.4 Å². The van der Waals surface area contributed by atoms with Crippen molar-refractivity contribution in [3.05, 3.63) is 71.2 Å². The molecule has 0 bridgehead atoms. The van der Waals surface area contributed by atoms with Gasteiger partial charge in [0.25, 0.3) is 5.91 Å². The fraction of sp³-hybridized carbons (Fsp3) is 0.318. The van der Waals surface area contributed by atoms with Gasteiger partial charge in [-0.2, -0.15) is 0 Å². The van der Waals surface area contributed by atoms with E-state index in [4.69, 9.17) is 11.6 Å². The van der Waals surface area contributed by atoms with Crippen LogP contribution in [-0.4, -0.2) is 31.8 Å². The summed E-state index contributed by atoms with van der Waals surface area (Å²) >= 11 is 0. The summed E-state index contributed by atoms with van der Waals surface area (Å²) in [5.41, 5.74) is 12.1. The first-order valence-electron chi connectivity index (χ1n) is 10.5. The molecule has 0 radical (unpaired) electrons. The van der Waals surface area contributed by atoms with E-state index in [-0.39, 0.29) is 11.6 Å². The molecule has 1 amide bonds. The predicted molar refractivity (Wildman–Crippen MR) is 117 cm³/mol. The number of nitrogens with one attached hydrogen (secondary N) is 2. The molecule has 6 N–H and O–H groups in total. The number of aromatic nitrogens is 3. The van der Waals surface area contributed by atoms with Crippen LogP contribution >= 0.6 is 0 Å². The Balaban J connectivity index is 1.18. The number of hydrazine groups is 1. The molecule has 9 heteroatoms. The van der Waals surface area contributed by atoms with E-state index in [2.05, 4.69) is 32.9 Å². The molecule has 0 aromatic carbocycles. The van der Waals surface area contributed by atoms with Crippen LogP contribution in [0.4, 0.5) is 5.69 Å². The lowest BCUT2D eigenvalue weighted by Crippen LogP contribution is -2.32. The lowest BCUT2D eigenvalue weighted by molar-refractivity contribution is -0.117. The Bertz CT molecular complexity index is 1160. The van der Waals surface area contributed by atoms with Gasteiger partial charge in [-0.1, -0.05) is 6.07 Å². The first-order chi connectivity index (χ1) is 15.0. The molecule has 9 nitrogen and oxygen atoms in total. The molecule has 0 saturated heterocycles. The van der Waals surface area contributed by atoms with Crippen LogP contribution in [0.3, 0.4) is 0 Å². The second-order valence-electron chi connectivity index (χ2n) is 8.18. The minimum absolute atomic E-state index is 0.0325. The SMILES string of the molecule is N/C(=C\N(N)Cc1cn2cc(C3CC3)ccc2n1)C(=O)NCc1cc2c(cn1)NCC2. The maximum Gasteiger partial charge on any atom is 0.269 e. The molecule has 0 atom stereocenters. The monoisotopic (exact) mass is 418 g/mol. The first-order valence-corrected chi connectivity index (χ1v) is 10.5. The number of amides is 1. The molecule has 1 aliphatic heterocycles. The number of hydrogen-bond donors (Lipinski definition) is 4. The molecule has 1 fully saturated rings. The third kappa shape index (κ3) is 4.31. The Hall–Kier alpha value is -3.59. The first kappa shape index (κ1) is 19.4. The van der Waals surface area contributed by atoms with E-state index in [1.54, 1.807) is 6.20 Å². The van der Waals surface area contributed by atoms with Crippen molar-refractivity contribution in [1.82, 2.24) is 24.7 Å². The van der Waals surface area contributed by atoms with E-state index in [1.165, 1.54) is 35.2 Å². The minimum atomic E-state index is -0.389. The lowest BCUT2D eigenvalue weighted by Gasteiger charge is -2.13. The van der Waals surface area contributed by atoms with E-state index < -0.39 is 0 Å². The summed E-state index contributed by atoms with van der Waals surface area (Å²) in [5, 5.41) is 7.42. The number of nitrogens with two attached hydrogens (primary N) is 2. The largest absolute Gasteiger partial charge is 0.393 e. The summed E-state index contributed by atoms with van der Waals surface area (Å²) in [6.45, 7) is 1.57. The average molecular weight is 419 g/mol. The third-order valence-electron chi connectivity index (χ3n) is 5.67. The van der Waals surface area contributed by atoms with E-state index in [0.29, 0.717) is 19.0 Å². The molecule has 5 rings (SSSR count). The van der Waals surface area contributed by atoms with Crippen molar-refractivity contribution in [1.29, 1.82) is 0 Å². The van der Waals surface area contributed by atoms with Crippen LogP contribution in [-0.2, 0) is 24.3 Å². The molecular formula is C22H26N8O. The van der Waals surface area contributed by atoms with Crippen molar-refractivity contribution in [3.8, 4) is 0 Å². The molecule has 3 aromatic rings. The number of fused-ring (bicyclic) bond motifs is 2. The second kappa shape index (κ2) is 7.92. The van der Waals surface area contributed by atoms with Gasteiger partial charge in [0.1, 0.15) is 11.3 Å². The molecule has 0 unspecified atom stereocenters. The number of carbonyl (C=O) groups is 1. The van der Waals surface area contributed by atoms with E-state index in [1.807, 2.05) is 22.7 Å². The maximum absolute atomic E-state index is 12.3. The van der Waals surface area contributed by atoms with Crippen molar-refractivity contribution in [2.45, 2.75) is 38.3 Å². The number of anilines is 1. The Morgan fingerprint density at radius 2 is 2.19 bits per heavy atom. The highest BCUT2D eigenvalue weighted by Crippen LogP contribution is 2.39. The third-order valence-corrected chi connectivity index (χ3v) is 5.67. The van der Waals surface area contributed by atoms with Crippen LogP contribution in [0.2, 0.25) is 0 Å². The van der Waals surface area contributed by atoms with Crippen molar-refractivity contribution in [3.63, 3.8) is 0 Å². The van der Waals surface area contributed by atoms with E-state index >= 15 is 0 Å². The summed E-state index contributed by atoms with van der Waals surface area (Å²) in [5.74, 6) is 6.35. The zero-order chi connectivity index (χ0) is 21.4. The van der Waals surface area contributed by atoms with Gasteiger partial charge in [-0.25, -0.2) is 10.8 Å². The molecule has 3 aromatic heterocycles. The predicted octanol–water partition coefficient (Wildman–Crippen LogP) is 1.37. The van der Waals surface area contributed by atoms with Crippen molar-refractivity contribution >= 4 is 17.2 Å². The number of hydrogen-bond acceptors (Lipinski definition) is 7. The van der Waals surface area contributed by atoms with Crippen LogP contribution < -0.4 is 22.2 Å². The van der Waals surface area contributed by atoms with Crippen LogP contribution in [0.25, 0.3) is 5.65 Å². The van der Waals surface area contributed by atoms with Gasteiger partial charge in [-0.15, -0.1) is 0 Å². The highest BCUT2D eigenvalue weighted by molar-refractivity contribution is 5.92. The molecule has 1 saturated carbocycles. The second-order valence-corrected chi connectivity index (χ2v) is 8.18. The Labute approximate surface area is 180 Å². The number of carbonyl (C=O) groups excluding carboxylic acids is 1. The van der Waals surface area contributed by atoms with Gasteiger partial charge in [0, 0.05) is 25.1 Å². The van der Waals surface area contributed by atoms with Crippen LogP contribution in [0.5, 0.6) is 0 Å². The van der Waals surface area contributed by atoms with Crippen molar-refractivity contribution in [2.24, 2.45) is 11.6 Å². The Morgan fingerprint density at radius 1 is 1.32 bits per heavy atom. The Kier molecular flexibility index (Phi) is 4.95. The summed E-state index contributed by atoms with van der Waals surface area (Å²) in [6.07, 6.45) is 10.8. The normalized spacial score (nSPS) is 15.6. The fourth-order valence-corrected chi connectivity index (χ4v) is 3.88. The highest BCUT2D eigenvalue weighted by atomic mass is 16.2. The average Bonchev–Trinajstić information content (AvgIpc) is 3.37. The van der Waals surface area contributed by atoms with Gasteiger partial charge in [-0.3, -0.25) is 9.78 Å². The van der Waals surface area contributed by atoms with Gasteiger partial charge in [0.05, 0.1) is 36.4 Å². The summed E-state index contributed by atoms with van der Waals surface area (Å²) in [7, 11) is 0.